The van der Waals surface area contributed by atoms with E-state index in [0.29, 0.717) is 17.5 Å². The van der Waals surface area contributed by atoms with Gasteiger partial charge < -0.3 is 4.42 Å². The van der Waals surface area contributed by atoms with Crippen LogP contribution in [0.25, 0.3) is 84.1 Å². The van der Waals surface area contributed by atoms with Crippen LogP contribution in [-0.2, 0) is 0 Å². The molecule has 0 saturated heterocycles. The molecule has 0 radical (unpaired) electrons. The number of hydrogen-bond acceptors (Lipinski definition) is 4. The van der Waals surface area contributed by atoms with E-state index >= 15 is 0 Å². The van der Waals surface area contributed by atoms with Crippen molar-refractivity contribution in [3.8, 4) is 56.4 Å². The third-order valence-electron chi connectivity index (χ3n) is 8.47. The fraction of sp³-hybridized carbons (Fsp3) is 0. The van der Waals surface area contributed by atoms with Crippen molar-refractivity contribution in [3.05, 3.63) is 158 Å². The summed E-state index contributed by atoms with van der Waals surface area (Å²) in [5.41, 5.74) is 11.1. The maximum absolute atomic E-state index is 6.44. The van der Waals surface area contributed by atoms with Crippen molar-refractivity contribution in [2.45, 2.75) is 0 Å². The van der Waals surface area contributed by atoms with Crippen molar-refractivity contribution in [1.82, 2.24) is 19.4 Å². The van der Waals surface area contributed by atoms with Crippen LogP contribution in [0.5, 0.6) is 0 Å². The van der Waals surface area contributed by atoms with E-state index in [0.717, 1.165) is 66.7 Å². The molecule has 0 saturated carbocycles. The van der Waals surface area contributed by atoms with Crippen molar-refractivity contribution in [3.63, 3.8) is 0 Å². The molecule has 0 amide bonds. The highest BCUT2D eigenvalue weighted by molar-refractivity contribution is 6.07. The van der Waals surface area contributed by atoms with Crippen LogP contribution in [0.2, 0.25) is 0 Å². The van der Waals surface area contributed by atoms with Gasteiger partial charge in [0.05, 0.1) is 16.6 Å². The largest absolute Gasteiger partial charge is 0.438 e. The summed E-state index contributed by atoms with van der Waals surface area (Å²) in [7, 11) is 0. The minimum atomic E-state index is 0.621. The van der Waals surface area contributed by atoms with Crippen molar-refractivity contribution in [1.29, 1.82) is 0 Å². The summed E-state index contributed by atoms with van der Waals surface area (Å²) in [6, 6.07) is 53.9. The van der Waals surface area contributed by atoms with E-state index in [1.165, 1.54) is 0 Å². The fourth-order valence-electron chi connectivity index (χ4n) is 6.27. The lowest BCUT2D eigenvalue weighted by Gasteiger charge is -2.10. The highest BCUT2D eigenvalue weighted by atomic mass is 16.3. The molecular formula is C41H26N4O. The monoisotopic (exact) mass is 590 g/mol. The standard InChI is InChI=1S/C41H26N4O/c1-3-12-27(13-4-1)31-16-11-17-32(26-31)40-43-38(29-14-5-2-6-15-29)42-39(44-40)30-24-22-28(23-25-30)37-33-18-7-8-19-34(33)45-35-20-9-10-21-36(35)46-41(37)45/h1-26H. The number of rotatable bonds is 5. The molecule has 0 fully saturated rings. The van der Waals surface area contributed by atoms with Crippen LogP contribution in [0.1, 0.15) is 0 Å². The Morgan fingerprint density at radius 3 is 1.65 bits per heavy atom. The zero-order valence-electron chi connectivity index (χ0n) is 24.7. The van der Waals surface area contributed by atoms with E-state index in [4.69, 9.17) is 19.4 Å². The predicted octanol–water partition coefficient (Wildman–Crippen LogP) is 10.4. The summed E-state index contributed by atoms with van der Waals surface area (Å²) >= 11 is 0. The molecule has 0 aliphatic carbocycles. The molecule has 3 heterocycles. The first-order valence-corrected chi connectivity index (χ1v) is 15.3. The van der Waals surface area contributed by atoms with Gasteiger partial charge in [0.2, 0.25) is 5.71 Å². The molecule has 0 aliphatic rings. The molecule has 0 unspecified atom stereocenters. The first-order valence-electron chi connectivity index (χ1n) is 15.3. The molecule has 0 aliphatic heterocycles. The lowest BCUT2D eigenvalue weighted by Crippen LogP contribution is -2.00. The third kappa shape index (κ3) is 4.37. The quantitative estimate of drug-likeness (QED) is 0.200. The summed E-state index contributed by atoms with van der Waals surface area (Å²) in [5, 5.41) is 1.15. The van der Waals surface area contributed by atoms with E-state index in [2.05, 4.69) is 108 Å². The second kappa shape index (κ2) is 10.7. The van der Waals surface area contributed by atoms with Gasteiger partial charge in [-0.15, -0.1) is 0 Å². The van der Waals surface area contributed by atoms with Crippen LogP contribution in [0.15, 0.2) is 162 Å². The fourth-order valence-corrected chi connectivity index (χ4v) is 6.27. The van der Waals surface area contributed by atoms with E-state index in [9.17, 15) is 0 Å². The van der Waals surface area contributed by atoms with E-state index in [-0.39, 0.29) is 0 Å². The predicted molar refractivity (Wildman–Crippen MR) is 185 cm³/mol. The summed E-state index contributed by atoms with van der Waals surface area (Å²) in [4.78, 5) is 14.9. The highest BCUT2D eigenvalue weighted by Crippen LogP contribution is 2.39. The highest BCUT2D eigenvalue weighted by Gasteiger charge is 2.20. The summed E-state index contributed by atoms with van der Waals surface area (Å²) in [6.45, 7) is 0. The van der Waals surface area contributed by atoms with Crippen molar-refractivity contribution in [2.75, 3.05) is 0 Å². The van der Waals surface area contributed by atoms with Crippen LogP contribution in [0.3, 0.4) is 0 Å². The maximum Gasteiger partial charge on any atom is 0.213 e. The first-order chi connectivity index (χ1) is 22.8. The lowest BCUT2D eigenvalue weighted by atomic mass is 10.0. The van der Waals surface area contributed by atoms with Gasteiger partial charge in [-0.25, -0.2) is 15.0 Å². The van der Waals surface area contributed by atoms with Gasteiger partial charge >= 0.3 is 0 Å². The molecule has 46 heavy (non-hydrogen) atoms. The van der Waals surface area contributed by atoms with Gasteiger partial charge in [0.15, 0.2) is 23.1 Å². The van der Waals surface area contributed by atoms with Crippen LogP contribution < -0.4 is 0 Å². The van der Waals surface area contributed by atoms with Gasteiger partial charge in [0, 0.05) is 22.1 Å². The van der Waals surface area contributed by atoms with Gasteiger partial charge in [0.25, 0.3) is 0 Å². The van der Waals surface area contributed by atoms with Crippen LogP contribution >= 0.6 is 0 Å². The number of oxazole rings is 1. The molecule has 3 aromatic heterocycles. The van der Waals surface area contributed by atoms with Crippen molar-refractivity contribution >= 4 is 27.7 Å². The minimum Gasteiger partial charge on any atom is -0.438 e. The number of hydrogen-bond donors (Lipinski definition) is 0. The molecule has 9 rings (SSSR count). The Balaban J connectivity index is 1.18. The Hall–Kier alpha value is -6.33. The normalized spacial score (nSPS) is 11.5. The number of fused-ring (bicyclic) bond motifs is 5. The number of para-hydroxylation sites is 3. The van der Waals surface area contributed by atoms with Gasteiger partial charge in [0.1, 0.15) is 0 Å². The van der Waals surface area contributed by atoms with Gasteiger partial charge in [-0.2, -0.15) is 0 Å². The van der Waals surface area contributed by atoms with Gasteiger partial charge in [-0.3, -0.25) is 4.40 Å². The van der Waals surface area contributed by atoms with Crippen molar-refractivity contribution in [2.24, 2.45) is 0 Å². The molecule has 5 heteroatoms. The molecule has 0 N–H and O–H groups in total. The SMILES string of the molecule is c1ccc(-c2cccc(-c3nc(-c4ccccc4)nc(-c4ccc(-c5c6ccccc6n6c5oc5ccccc56)cc4)n3)c2)cc1. The van der Waals surface area contributed by atoms with E-state index in [1.807, 2.05) is 54.6 Å². The Morgan fingerprint density at radius 2 is 0.913 bits per heavy atom. The lowest BCUT2D eigenvalue weighted by molar-refractivity contribution is 0.658. The second-order valence-corrected chi connectivity index (χ2v) is 11.3. The van der Waals surface area contributed by atoms with E-state index < -0.39 is 0 Å². The Morgan fingerprint density at radius 1 is 0.391 bits per heavy atom. The molecule has 0 atom stereocenters. The zero-order valence-corrected chi connectivity index (χ0v) is 24.7. The summed E-state index contributed by atoms with van der Waals surface area (Å²) in [6.07, 6.45) is 0. The topological polar surface area (TPSA) is 56.2 Å². The Kier molecular flexibility index (Phi) is 6.06. The Labute approximate surface area is 265 Å². The first kappa shape index (κ1) is 26.1. The van der Waals surface area contributed by atoms with Crippen LogP contribution in [0, 0.1) is 0 Å². The second-order valence-electron chi connectivity index (χ2n) is 11.3. The summed E-state index contributed by atoms with van der Waals surface area (Å²) < 4.78 is 8.65. The summed E-state index contributed by atoms with van der Waals surface area (Å²) in [5.74, 6) is 1.89. The zero-order chi connectivity index (χ0) is 30.5. The van der Waals surface area contributed by atoms with Gasteiger partial charge in [-0.1, -0.05) is 133 Å². The van der Waals surface area contributed by atoms with Gasteiger partial charge in [-0.05, 0) is 41.0 Å². The molecule has 6 aromatic carbocycles. The molecule has 9 aromatic rings. The molecule has 0 spiro atoms. The number of aromatic nitrogens is 4. The molecule has 0 bridgehead atoms. The number of nitrogens with zero attached hydrogens (tertiary/aromatic N) is 4. The molecular weight excluding hydrogens is 564 g/mol. The maximum atomic E-state index is 6.44. The Bertz CT molecular complexity index is 2510. The smallest absolute Gasteiger partial charge is 0.213 e. The molecule has 216 valence electrons. The van der Waals surface area contributed by atoms with Crippen LogP contribution in [-0.4, -0.2) is 19.4 Å². The minimum absolute atomic E-state index is 0.621. The van der Waals surface area contributed by atoms with Crippen molar-refractivity contribution < 1.29 is 4.42 Å². The average molecular weight is 591 g/mol. The van der Waals surface area contributed by atoms with E-state index in [1.54, 1.807) is 0 Å². The number of benzene rings is 6. The molecule has 5 nitrogen and oxygen atoms in total. The third-order valence-corrected chi connectivity index (χ3v) is 8.47. The van der Waals surface area contributed by atoms with Crippen LogP contribution in [0.4, 0.5) is 0 Å². The average Bonchev–Trinajstić information content (AvgIpc) is 3.67.